The Hall–Kier alpha value is -2.94. The van der Waals surface area contributed by atoms with Crippen LogP contribution in [0.5, 0.6) is 5.75 Å². The maximum atomic E-state index is 12.5. The first-order valence-corrected chi connectivity index (χ1v) is 10.3. The molecule has 0 atom stereocenters. The number of carbonyl (C=O) groups excluding carboxylic acids is 1. The number of carbonyl (C=O) groups is 1. The number of sulfonamides is 1. The quantitative estimate of drug-likeness (QED) is 0.782. The number of hydrogen-bond acceptors (Lipinski definition) is 6. The standard InChI is InChI=1S/C19H22N4O4S/c1-12-9-13(7-8-21-12)18(24)22-19(2,3)11-27-15-6-4-5-14-10-28(25,26)23-17(20)16(14)15/h4-9H,10-11H2,1-3H3,(H2,20,23)(H,22,24). The van der Waals surface area contributed by atoms with E-state index in [1.807, 2.05) is 20.8 Å². The zero-order valence-electron chi connectivity index (χ0n) is 15.9. The van der Waals surface area contributed by atoms with Gasteiger partial charge in [0, 0.05) is 17.5 Å². The maximum Gasteiger partial charge on any atom is 0.259 e. The largest absolute Gasteiger partial charge is 0.490 e. The molecular weight excluding hydrogens is 380 g/mol. The summed E-state index contributed by atoms with van der Waals surface area (Å²) in [7, 11) is -3.61. The number of amides is 1. The van der Waals surface area contributed by atoms with Crippen molar-refractivity contribution >= 4 is 21.8 Å². The van der Waals surface area contributed by atoms with E-state index in [4.69, 9.17) is 10.5 Å². The molecule has 3 rings (SSSR count). The van der Waals surface area contributed by atoms with E-state index in [1.54, 1.807) is 36.5 Å². The van der Waals surface area contributed by atoms with E-state index >= 15 is 0 Å². The van der Waals surface area contributed by atoms with Crippen LogP contribution in [-0.4, -0.2) is 37.3 Å². The summed E-state index contributed by atoms with van der Waals surface area (Å²) >= 11 is 0. The molecule has 9 heteroatoms. The Morgan fingerprint density at radius 2 is 2.07 bits per heavy atom. The topological polar surface area (TPSA) is 124 Å². The number of nitrogens with one attached hydrogen (secondary N) is 1. The first-order valence-electron chi connectivity index (χ1n) is 8.65. The second-order valence-electron chi connectivity index (χ2n) is 7.31. The summed E-state index contributed by atoms with van der Waals surface area (Å²) in [5.41, 5.74) is 7.44. The maximum absolute atomic E-state index is 12.5. The van der Waals surface area contributed by atoms with E-state index in [0.717, 1.165) is 5.69 Å². The molecule has 148 valence electrons. The Morgan fingerprint density at radius 3 is 2.79 bits per heavy atom. The number of nitrogens with two attached hydrogens (primary N) is 1. The second kappa shape index (κ2) is 7.23. The van der Waals surface area contributed by atoms with Crippen molar-refractivity contribution in [1.82, 2.24) is 10.3 Å². The molecule has 1 aliphatic heterocycles. The van der Waals surface area contributed by atoms with Crippen molar-refractivity contribution in [2.45, 2.75) is 32.1 Å². The Morgan fingerprint density at radius 1 is 1.32 bits per heavy atom. The minimum Gasteiger partial charge on any atom is -0.490 e. The molecule has 1 amide bonds. The number of pyridine rings is 1. The van der Waals surface area contributed by atoms with Gasteiger partial charge in [-0.15, -0.1) is 4.40 Å². The molecular formula is C19H22N4O4S. The zero-order valence-corrected chi connectivity index (χ0v) is 16.7. The van der Waals surface area contributed by atoms with Gasteiger partial charge in [0.25, 0.3) is 15.9 Å². The number of rotatable bonds is 5. The average Bonchev–Trinajstić information content (AvgIpc) is 2.58. The molecule has 8 nitrogen and oxygen atoms in total. The molecule has 1 aliphatic rings. The highest BCUT2D eigenvalue weighted by molar-refractivity contribution is 7.89. The molecule has 2 aromatic rings. The van der Waals surface area contributed by atoms with Gasteiger partial charge in [-0.2, -0.15) is 0 Å². The predicted molar refractivity (Wildman–Crippen MR) is 106 cm³/mol. The zero-order chi connectivity index (χ0) is 20.5. The first-order chi connectivity index (χ1) is 13.1. The highest BCUT2D eigenvalue weighted by Gasteiger charge is 2.27. The van der Waals surface area contributed by atoms with Gasteiger partial charge < -0.3 is 15.8 Å². The molecule has 0 fully saturated rings. The van der Waals surface area contributed by atoms with Crippen LogP contribution in [0.3, 0.4) is 0 Å². The first kappa shape index (κ1) is 19.8. The van der Waals surface area contributed by atoms with Gasteiger partial charge in [0.1, 0.15) is 18.2 Å². The van der Waals surface area contributed by atoms with Crippen molar-refractivity contribution in [2.75, 3.05) is 6.61 Å². The number of benzene rings is 1. The summed E-state index contributed by atoms with van der Waals surface area (Å²) in [5, 5.41) is 2.93. The van der Waals surface area contributed by atoms with Gasteiger partial charge in [0.05, 0.1) is 16.9 Å². The van der Waals surface area contributed by atoms with Crippen LogP contribution >= 0.6 is 0 Å². The van der Waals surface area contributed by atoms with Crippen molar-refractivity contribution in [3.63, 3.8) is 0 Å². The monoisotopic (exact) mass is 402 g/mol. The molecule has 0 aliphatic carbocycles. The van der Waals surface area contributed by atoms with Crippen LogP contribution in [-0.2, 0) is 15.8 Å². The lowest BCUT2D eigenvalue weighted by atomic mass is 10.0. The van der Waals surface area contributed by atoms with Gasteiger partial charge in [0.2, 0.25) is 0 Å². The van der Waals surface area contributed by atoms with E-state index < -0.39 is 15.6 Å². The van der Waals surface area contributed by atoms with Crippen LogP contribution in [0.4, 0.5) is 0 Å². The molecule has 0 saturated carbocycles. The van der Waals surface area contributed by atoms with Gasteiger partial charge in [-0.3, -0.25) is 9.78 Å². The number of nitrogens with zero attached hydrogens (tertiary/aromatic N) is 2. The molecule has 28 heavy (non-hydrogen) atoms. The van der Waals surface area contributed by atoms with Crippen molar-refractivity contribution in [2.24, 2.45) is 10.1 Å². The lowest BCUT2D eigenvalue weighted by Crippen LogP contribution is -2.48. The third kappa shape index (κ3) is 4.48. The Kier molecular flexibility index (Phi) is 5.12. The molecule has 1 aromatic heterocycles. The van der Waals surface area contributed by atoms with Crippen molar-refractivity contribution < 1.29 is 17.9 Å². The lowest BCUT2D eigenvalue weighted by Gasteiger charge is -2.27. The van der Waals surface area contributed by atoms with Crippen LogP contribution < -0.4 is 15.8 Å². The molecule has 2 heterocycles. The fraction of sp³-hybridized carbons (Fsp3) is 0.316. The summed E-state index contributed by atoms with van der Waals surface area (Å²) < 4.78 is 33.0. The number of aromatic nitrogens is 1. The molecule has 0 unspecified atom stereocenters. The number of aryl methyl sites for hydroxylation is 1. The van der Waals surface area contributed by atoms with Crippen molar-refractivity contribution in [3.8, 4) is 5.75 Å². The molecule has 0 saturated heterocycles. The second-order valence-corrected chi connectivity index (χ2v) is 8.94. The summed E-state index contributed by atoms with van der Waals surface area (Å²) in [5.74, 6) is -0.120. The number of ether oxygens (including phenoxy) is 1. The Balaban J connectivity index is 1.74. The third-order valence-electron chi connectivity index (χ3n) is 4.14. The normalized spacial score (nSPS) is 15.3. The number of amidine groups is 1. The summed E-state index contributed by atoms with van der Waals surface area (Å²) in [6.45, 7) is 5.63. The predicted octanol–water partition coefficient (Wildman–Crippen LogP) is 1.53. The minimum absolute atomic E-state index is 0.0917. The van der Waals surface area contributed by atoms with Gasteiger partial charge in [0.15, 0.2) is 0 Å². The Labute approximate surface area is 163 Å². The summed E-state index contributed by atoms with van der Waals surface area (Å²) in [6.07, 6.45) is 1.58. The van der Waals surface area contributed by atoms with E-state index in [1.165, 1.54) is 0 Å². The van der Waals surface area contributed by atoms with Crippen LogP contribution in [0, 0.1) is 6.92 Å². The lowest BCUT2D eigenvalue weighted by molar-refractivity contribution is 0.0880. The fourth-order valence-corrected chi connectivity index (χ4v) is 3.98. The summed E-state index contributed by atoms with van der Waals surface area (Å²) in [4.78, 5) is 16.6. The van der Waals surface area contributed by atoms with Crippen LogP contribution in [0.1, 0.15) is 41.0 Å². The molecule has 0 spiro atoms. The van der Waals surface area contributed by atoms with Gasteiger partial charge in [-0.25, -0.2) is 8.42 Å². The average molecular weight is 402 g/mol. The fourth-order valence-electron chi connectivity index (χ4n) is 2.89. The molecule has 0 bridgehead atoms. The van der Waals surface area contributed by atoms with E-state index in [2.05, 4.69) is 14.7 Å². The highest BCUT2D eigenvalue weighted by atomic mass is 32.2. The third-order valence-corrected chi connectivity index (χ3v) is 5.29. The highest BCUT2D eigenvalue weighted by Crippen LogP contribution is 2.28. The molecule has 1 aromatic carbocycles. The molecule has 0 radical (unpaired) electrons. The van der Waals surface area contributed by atoms with E-state index in [0.29, 0.717) is 22.4 Å². The summed E-state index contributed by atoms with van der Waals surface area (Å²) in [6, 6.07) is 8.43. The van der Waals surface area contributed by atoms with Gasteiger partial charge >= 0.3 is 0 Å². The van der Waals surface area contributed by atoms with E-state index in [9.17, 15) is 13.2 Å². The van der Waals surface area contributed by atoms with Crippen LogP contribution in [0.25, 0.3) is 0 Å². The Bertz CT molecular complexity index is 1060. The van der Waals surface area contributed by atoms with E-state index in [-0.39, 0.29) is 24.1 Å². The van der Waals surface area contributed by atoms with Crippen molar-refractivity contribution in [1.29, 1.82) is 0 Å². The van der Waals surface area contributed by atoms with Crippen LogP contribution in [0.15, 0.2) is 40.9 Å². The van der Waals surface area contributed by atoms with Gasteiger partial charge in [-0.1, -0.05) is 12.1 Å². The van der Waals surface area contributed by atoms with Crippen molar-refractivity contribution in [3.05, 3.63) is 58.9 Å². The SMILES string of the molecule is Cc1cc(C(=O)NC(C)(C)COc2cccc3c2C(N)=NS(=O)(=O)C3)ccn1. The van der Waals surface area contributed by atoms with Crippen LogP contribution in [0.2, 0.25) is 0 Å². The minimum atomic E-state index is -3.61. The number of fused-ring (bicyclic) bond motifs is 1. The molecule has 3 N–H and O–H groups in total. The smallest absolute Gasteiger partial charge is 0.259 e. The van der Waals surface area contributed by atoms with Gasteiger partial charge in [-0.05, 0) is 44.5 Å². The number of hydrogen-bond donors (Lipinski definition) is 2.